The third-order valence-electron chi connectivity index (χ3n) is 6.12. The molecule has 1 unspecified atom stereocenters. The number of piperidine rings is 1. The first-order chi connectivity index (χ1) is 18.1. The Morgan fingerprint density at radius 2 is 1.43 bits per heavy atom. The molecule has 0 aliphatic carbocycles. The second kappa shape index (κ2) is 16.8. The number of aryl methyl sites for hydroxylation is 1. The maximum Gasteiger partial charge on any atom is 0.255 e. The van der Waals surface area contributed by atoms with Crippen LogP contribution in [0, 0.1) is 0 Å². The van der Waals surface area contributed by atoms with Crippen molar-refractivity contribution in [3.05, 3.63) is 34.9 Å². The van der Waals surface area contributed by atoms with E-state index in [1.807, 2.05) is 12.1 Å². The number of rotatable bonds is 19. The molecule has 1 aromatic rings. The van der Waals surface area contributed by atoms with Crippen LogP contribution in [0.15, 0.2) is 18.2 Å². The zero-order valence-corrected chi connectivity index (χ0v) is 22.8. The van der Waals surface area contributed by atoms with Gasteiger partial charge in [0, 0.05) is 30.5 Å². The molecule has 1 fully saturated rings. The Hall–Kier alpha value is -1.89. The second-order valence-electron chi connectivity index (χ2n) is 8.70. The molecule has 1 N–H and O–H groups in total. The van der Waals surface area contributed by atoms with Crippen molar-refractivity contribution in [3.63, 3.8) is 0 Å². The lowest BCUT2D eigenvalue weighted by molar-refractivity contribution is -0.136. The van der Waals surface area contributed by atoms with Gasteiger partial charge in [-0.25, -0.2) is 0 Å². The number of imide groups is 1. The molecule has 2 aliphatic rings. The third-order valence-corrected chi connectivity index (χ3v) is 6.45. The summed E-state index contributed by atoms with van der Waals surface area (Å²) in [5.41, 5.74) is 2.70. The van der Waals surface area contributed by atoms with Gasteiger partial charge in [-0.2, -0.15) is 0 Å². The minimum Gasteiger partial charge on any atom is -0.379 e. The molecule has 1 aromatic carbocycles. The number of carbonyl (C=O) groups is 3. The number of carbonyl (C=O) groups excluding carboxylic acids is 3. The number of alkyl halides is 1. The lowest BCUT2D eigenvalue weighted by atomic mass is 10.00. The van der Waals surface area contributed by atoms with Gasteiger partial charge in [-0.15, -0.1) is 0 Å². The van der Waals surface area contributed by atoms with E-state index in [4.69, 9.17) is 23.7 Å². The van der Waals surface area contributed by atoms with Crippen LogP contribution in [-0.4, -0.2) is 100 Å². The predicted molar refractivity (Wildman–Crippen MR) is 139 cm³/mol. The van der Waals surface area contributed by atoms with E-state index in [-0.39, 0.29) is 18.2 Å². The molecule has 1 atom stereocenters. The maximum absolute atomic E-state index is 12.9. The molecule has 11 heteroatoms. The van der Waals surface area contributed by atoms with E-state index in [0.717, 1.165) is 29.3 Å². The zero-order valence-electron chi connectivity index (χ0n) is 21.2. The monoisotopic (exact) mass is 584 g/mol. The fourth-order valence-corrected chi connectivity index (χ4v) is 4.51. The number of ether oxygens (including phenoxy) is 5. The standard InChI is InChI=1S/C26H37BrN2O8/c27-8-10-34-12-14-36-16-18-37-17-15-35-13-11-33-9-2-4-20-3-1-5-21-22(20)19-29(26(21)32)23-6-7-24(30)28-25(23)31/h1,3,5,23H,2,4,6-19H2,(H,28,30,31). The van der Waals surface area contributed by atoms with Gasteiger partial charge in [0.1, 0.15) is 6.04 Å². The topological polar surface area (TPSA) is 113 Å². The number of nitrogens with one attached hydrogen (secondary N) is 1. The van der Waals surface area contributed by atoms with Crippen LogP contribution in [-0.2, 0) is 46.2 Å². The van der Waals surface area contributed by atoms with Crippen LogP contribution in [0.3, 0.4) is 0 Å². The van der Waals surface area contributed by atoms with E-state index < -0.39 is 11.9 Å². The summed E-state index contributed by atoms with van der Waals surface area (Å²) in [7, 11) is 0. The molecule has 0 radical (unpaired) electrons. The summed E-state index contributed by atoms with van der Waals surface area (Å²) in [4.78, 5) is 38.2. The molecule has 37 heavy (non-hydrogen) atoms. The average Bonchev–Trinajstić information content (AvgIpc) is 3.22. The second-order valence-corrected chi connectivity index (χ2v) is 9.49. The summed E-state index contributed by atoms with van der Waals surface area (Å²) in [5.74, 6) is -0.821. The molecule has 2 aliphatic heterocycles. The summed E-state index contributed by atoms with van der Waals surface area (Å²) in [6.07, 6.45) is 2.21. The molecule has 2 heterocycles. The zero-order chi connectivity index (χ0) is 26.3. The third kappa shape index (κ3) is 9.73. The molecular formula is C26H37BrN2O8. The summed E-state index contributed by atoms with van der Waals surface area (Å²) < 4.78 is 27.3. The van der Waals surface area contributed by atoms with Crippen LogP contribution in [0.5, 0.6) is 0 Å². The molecule has 0 bridgehead atoms. The van der Waals surface area contributed by atoms with Crippen LogP contribution in [0.4, 0.5) is 0 Å². The van der Waals surface area contributed by atoms with E-state index >= 15 is 0 Å². The van der Waals surface area contributed by atoms with Gasteiger partial charge in [-0.05, 0) is 36.5 Å². The lowest BCUT2D eigenvalue weighted by Crippen LogP contribution is -2.52. The number of amides is 3. The van der Waals surface area contributed by atoms with E-state index in [1.54, 1.807) is 11.0 Å². The highest BCUT2D eigenvalue weighted by molar-refractivity contribution is 9.09. The normalized spacial score (nSPS) is 17.4. The fourth-order valence-electron chi connectivity index (χ4n) is 4.29. The molecule has 0 aromatic heterocycles. The van der Waals surface area contributed by atoms with Crippen molar-refractivity contribution < 1.29 is 38.1 Å². The van der Waals surface area contributed by atoms with Crippen molar-refractivity contribution in [2.24, 2.45) is 0 Å². The first-order valence-corrected chi connectivity index (χ1v) is 13.9. The van der Waals surface area contributed by atoms with Crippen LogP contribution in [0.25, 0.3) is 0 Å². The van der Waals surface area contributed by atoms with E-state index in [2.05, 4.69) is 21.2 Å². The largest absolute Gasteiger partial charge is 0.379 e. The van der Waals surface area contributed by atoms with Crippen molar-refractivity contribution in [2.75, 3.05) is 71.4 Å². The van der Waals surface area contributed by atoms with E-state index in [0.29, 0.717) is 84.6 Å². The molecule has 3 amide bonds. The maximum atomic E-state index is 12.9. The Morgan fingerprint density at radius 3 is 2.03 bits per heavy atom. The van der Waals surface area contributed by atoms with Crippen molar-refractivity contribution in [1.29, 1.82) is 0 Å². The van der Waals surface area contributed by atoms with E-state index in [1.165, 1.54) is 0 Å². The first-order valence-electron chi connectivity index (χ1n) is 12.8. The van der Waals surface area contributed by atoms with Crippen molar-refractivity contribution in [1.82, 2.24) is 10.2 Å². The highest BCUT2D eigenvalue weighted by Gasteiger charge is 2.39. The van der Waals surface area contributed by atoms with Gasteiger partial charge in [0.05, 0.1) is 59.5 Å². The SMILES string of the molecule is O=C1CCC(N2Cc3c(CCCOCCOCCOCCOCCOCCBr)cccc3C2=O)C(=O)N1. The molecule has 206 valence electrons. The lowest BCUT2D eigenvalue weighted by Gasteiger charge is -2.29. The van der Waals surface area contributed by atoms with Gasteiger partial charge < -0.3 is 28.6 Å². The first kappa shape index (κ1) is 29.7. The number of hydrogen-bond acceptors (Lipinski definition) is 8. The molecular weight excluding hydrogens is 548 g/mol. The molecule has 0 spiro atoms. The van der Waals surface area contributed by atoms with E-state index in [9.17, 15) is 14.4 Å². The summed E-state index contributed by atoms with van der Waals surface area (Å²) in [6, 6.07) is 5.11. The van der Waals surface area contributed by atoms with Gasteiger partial charge in [-0.1, -0.05) is 28.1 Å². The molecule has 10 nitrogen and oxygen atoms in total. The van der Waals surface area contributed by atoms with Crippen LogP contribution in [0.2, 0.25) is 0 Å². The summed E-state index contributed by atoms with van der Waals surface area (Å²) in [5, 5.41) is 3.17. The minimum atomic E-state index is -0.596. The Labute approximate surface area is 226 Å². The highest BCUT2D eigenvalue weighted by atomic mass is 79.9. The van der Waals surface area contributed by atoms with Crippen molar-refractivity contribution in [2.45, 2.75) is 38.3 Å². The summed E-state index contributed by atoms with van der Waals surface area (Å²) in [6.45, 7) is 5.91. The molecule has 0 saturated carbocycles. The van der Waals surface area contributed by atoms with Gasteiger partial charge in [0.25, 0.3) is 5.91 Å². The van der Waals surface area contributed by atoms with Gasteiger partial charge in [-0.3, -0.25) is 19.7 Å². The van der Waals surface area contributed by atoms with Gasteiger partial charge >= 0.3 is 0 Å². The number of hydrogen-bond donors (Lipinski definition) is 1. The van der Waals surface area contributed by atoms with Crippen LogP contribution >= 0.6 is 15.9 Å². The van der Waals surface area contributed by atoms with Crippen LogP contribution in [0.1, 0.15) is 40.7 Å². The van der Waals surface area contributed by atoms with Gasteiger partial charge in [0.2, 0.25) is 11.8 Å². The van der Waals surface area contributed by atoms with Gasteiger partial charge in [0.15, 0.2) is 0 Å². The van der Waals surface area contributed by atoms with Crippen LogP contribution < -0.4 is 5.32 Å². The average molecular weight is 585 g/mol. The fraction of sp³-hybridized carbons (Fsp3) is 0.654. The number of fused-ring (bicyclic) bond motifs is 1. The number of halogens is 1. The molecule has 3 rings (SSSR count). The Kier molecular flexibility index (Phi) is 13.5. The van der Waals surface area contributed by atoms with Crippen molar-refractivity contribution in [3.8, 4) is 0 Å². The Balaban J connectivity index is 1.22. The Morgan fingerprint density at radius 1 is 0.838 bits per heavy atom. The smallest absolute Gasteiger partial charge is 0.255 e. The summed E-state index contributed by atoms with van der Waals surface area (Å²) >= 11 is 3.30. The predicted octanol–water partition coefficient (Wildman–Crippen LogP) is 1.86. The number of benzene rings is 1. The highest BCUT2D eigenvalue weighted by Crippen LogP contribution is 2.30. The number of nitrogens with zero attached hydrogens (tertiary/aromatic N) is 1. The van der Waals surface area contributed by atoms with Crippen molar-refractivity contribution >= 4 is 33.7 Å². The minimum absolute atomic E-state index is 0.147. The molecule has 1 saturated heterocycles. The Bertz CT molecular complexity index is 884. The quantitative estimate of drug-likeness (QED) is 0.149.